The standard InChI is InChI=1S/C18H27N5O4S/c1-10(2)27-18(26)22-15(24)12-5-6-28-17(12)21-16(25)13-9-23-8-11(7-19)3-4-14(23)20-13/h10-14,17,20H,3-6,8-9H2,1-2H3,(H,21,25)(H,22,24,26). The Bertz CT molecular complexity index is 667. The lowest BCUT2D eigenvalue weighted by molar-refractivity contribution is -0.126. The maximum absolute atomic E-state index is 12.7. The molecule has 3 heterocycles. The number of nitrogens with one attached hydrogen (secondary N) is 3. The zero-order chi connectivity index (χ0) is 20.3. The van der Waals surface area contributed by atoms with Crippen LogP contribution in [0, 0.1) is 23.2 Å². The van der Waals surface area contributed by atoms with Crippen LogP contribution in [0.3, 0.4) is 0 Å². The Morgan fingerprint density at radius 1 is 1.21 bits per heavy atom. The second-order valence-electron chi connectivity index (χ2n) is 7.73. The molecule has 0 radical (unpaired) electrons. The lowest BCUT2D eigenvalue weighted by atomic mass is 9.98. The van der Waals surface area contributed by atoms with Gasteiger partial charge in [0, 0.05) is 13.1 Å². The number of imide groups is 1. The van der Waals surface area contributed by atoms with E-state index in [0.717, 1.165) is 18.6 Å². The summed E-state index contributed by atoms with van der Waals surface area (Å²) in [7, 11) is 0. The summed E-state index contributed by atoms with van der Waals surface area (Å²) in [6, 6.07) is 1.95. The van der Waals surface area contributed by atoms with Gasteiger partial charge in [0.1, 0.15) is 6.04 Å². The fraction of sp³-hybridized carbons (Fsp3) is 0.778. The minimum absolute atomic E-state index is 0.0175. The van der Waals surface area contributed by atoms with E-state index in [4.69, 9.17) is 10.00 Å². The van der Waals surface area contributed by atoms with Crippen LogP contribution in [-0.2, 0) is 14.3 Å². The monoisotopic (exact) mass is 409 g/mol. The maximum Gasteiger partial charge on any atom is 0.414 e. The Balaban J connectivity index is 1.51. The van der Waals surface area contributed by atoms with Gasteiger partial charge < -0.3 is 10.1 Å². The van der Waals surface area contributed by atoms with Crippen molar-refractivity contribution in [2.24, 2.45) is 11.8 Å². The largest absolute Gasteiger partial charge is 0.447 e. The van der Waals surface area contributed by atoms with Crippen molar-refractivity contribution >= 4 is 29.7 Å². The van der Waals surface area contributed by atoms with Gasteiger partial charge in [0.2, 0.25) is 11.8 Å². The fourth-order valence-corrected chi connectivity index (χ4v) is 5.23. The van der Waals surface area contributed by atoms with Gasteiger partial charge in [-0.3, -0.25) is 25.1 Å². The van der Waals surface area contributed by atoms with Gasteiger partial charge in [0.15, 0.2) is 0 Å². The molecule has 0 aromatic carbocycles. The molecule has 28 heavy (non-hydrogen) atoms. The van der Waals surface area contributed by atoms with Crippen molar-refractivity contribution in [1.82, 2.24) is 20.9 Å². The van der Waals surface area contributed by atoms with E-state index in [-0.39, 0.29) is 35.5 Å². The molecule has 3 aliphatic heterocycles. The number of hydrogen-bond acceptors (Lipinski definition) is 8. The van der Waals surface area contributed by atoms with Crippen LogP contribution in [-0.4, -0.2) is 65.3 Å². The highest BCUT2D eigenvalue weighted by molar-refractivity contribution is 8.00. The normalized spacial score (nSPS) is 32.4. The molecule has 0 aromatic rings. The molecule has 154 valence electrons. The van der Waals surface area contributed by atoms with Crippen molar-refractivity contribution in [3.63, 3.8) is 0 Å². The van der Waals surface area contributed by atoms with E-state index in [1.807, 2.05) is 0 Å². The molecule has 3 saturated heterocycles. The van der Waals surface area contributed by atoms with Crippen molar-refractivity contribution in [2.45, 2.75) is 56.8 Å². The van der Waals surface area contributed by atoms with Gasteiger partial charge in [0.05, 0.1) is 35.5 Å². The van der Waals surface area contributed by atoms with Crippen LogP contribution in [0.15, 0.2) is 0 Å². The second-order valence-corrected chi connectivity index (χ2v) is 8.98. The van der Waals surface area contributed by atoms with Crippen molar-refractivity contribution in [3.8, 4) is 6.07 Å². The number of carbonyl (C=O) groups is 3. The van der Waals surface area contributed by atoms with E-state index in [9.17, 15) is 14.4 Å². The molecular weight excluding hydrogens is 382 g/mol. The highest BCUT2D eigenvalue weighted by Gasteiger charge is 2.41. The number of alkyl carbamates (subject to hydrolysis) is 1. The molecule has 0 saturated carbocycles. The number of carbonyl (C=O) groups excluding carboxylic acids is 3. The van der Waals surface area contributed by atoms with Crippen LogP contribution in [0.1, 0.15) is 33.1 Å². The summed E-state index contributed by atoms with van der Waals surface area (Å²) in [4.78, 5) is 38.9. The van der Waals surface area contributed by atoms with Gasteiger partial charge in [-0.2, -0.15) is 5.26 Å². The van der Waals surface area contributed by atoms with Gasteiger partial charge in [-0.25, -0.2) is 4.79 Å². The zero-order valence-electron chi connectivity index (χ0n) is 16.1. The Hall–Kier alpha value is -1.83. The zero-order valence-corrected chi connectivity index (χ0v) is 17.0. The van der Waals surface area contributed by atoms with E-state index in [1.165, 1.54) is 11.8 Å². The first-order valence-corrected chi connectivity index (χ1v) is 10.8. The topological polar surface area (TPSA) is 124 Å². The summed E-state index contributed by atoms with van der Waals surface area (Å²) in [5.74, 6) is -0.289. The molecule has 5 unspecified atom stereocenters. The molecule has 0 aliphatic carbocycles. The first-order valence-electron chi connectivity index (χ1n) is 9.70. The van der Waals surface area contributed by atoms with Crippen molar-refractivity contribution < 1.29 is 19.1 Å². The summed E-state index contributed by atoms with van der Waals surface area (Å²) in [5.41, 5.74) is 0. The summed E-state index contributed by atoms with van der Waals surface area (Å²) in [6.45, 7) is 4.65. The van der Waals surface area contributed by atoms with E-state index in [0.29, 0.717) is 19.5 Å². The fourth-order valence-electron chi connectivity index (χ4n) is 3.90. The van der Waals surface area contributed by atoms with Crippen molar-refractivity contribution in [3.05, 3.63) is 0 Å². The number of nitriles is 1. The summed E-state index contributed by atoms with van der Waals surface area (Å²) in [5, 5.41) is 17.3. The molecule has 3 N–H and O–H groups in total. The molecule has 0 aromatic heterocycles. The molecule has 3 amide bonds. The Kier molecular flexibility index (Phi) is 6.80. The van der Waals surface area contributed by atoms with Crippen molar-refractivity contribution in [1.29, 1.82) is 5.26 Å². The second kappa shape index (κ2) is 9.11. The molecule has 3 rings (SSSR count). The quantitative estimate of drug-likeness (QED) is 0.609. The van der Waals surface area contributed by atoms with Crippen LogP contribution >= 0.6 is 11.8 Å². The van der Waals surface area contributed by atoms with Crippen LogP contribution in [0.4, 0.5) is 4.79 Å². The summed E-state index contributed by atoms with van der Waals surface area (Å²) < 4.78 is 4.95. The summed E-state index contributed by atoms with van der Waals surface area (Å²) in [6.07, 6.45) is 1.33. The number of ether oxygens (including phenoxy) is 1. The number of piperidine rings is 1. The SMILES string of the molecule is CC(C)OC(=O)NC(=O)C1CCSC1NC(=O)C1CN2CC(C#N)CCC2N1. The number of rotatable bonds is 4. The van der Waals surface area contributed by atoms with Crippen LogP contribution in [0.2, 0.25) is 0 Å². The van der Waals surface area contributed by atoms with E-state index in [2.05, 4.69) is 26.9 Å². The Morgan fingerprint density at radius 3 is 2.71 bits per heavy atom. The minimum atomic E-state index is -0.761. The third-order valence-corrected chi connectivity index (χ3v) is 6.55. The van der Waals surface area contributed by atoms with E-state index >= 15 is 0 Å². The maximum atomic E-state index is 12.7. The third-order valence-electron chi connectivity index (χ3n) is 5.27. The average molecular weight is 410 g/mol. The molecule has 3 aliphatic rings. The number of hydrogen-bond donors (Lipinski definition) is 3. The Labute approximate surface area is 168 Å². The molecule has 0 bridgehead atoms. The molecule has 3 fully saturated rings. The van der Waals surface area contributed by atoms with Gasteiger partial charge in [-0.05, 0) is 38.9 Å². The molecule has 5 atom stereocenters. The van der Waals surface area contributed by atoms with Gasteiger partial charge >= 0.3 is 6.09 Å². The highest BCUT2D eigenvalue weighted by Crippen LogP contribution is 2.31. The molecule has 10 heteroatoms. The number of fused-ring (bicyclic) bond motifs is 1. The van der Waals surface area contributed by atoms with E-state index in [1.54, 1.807) is 13.8 Å². The number of amides is 3. The lowest BCUT2D eigenvalue weighted by Gasteiger charge is -2.31. The third kappa shape index (κ3) is 4.96. The number of nitrogens with zero attached hydrogens (tertiary/aromatic N) is 2. The number of thioether (sulfide) groups is 1. The van der Waals surface area contributed by atoms with Crippen LogP contribution < -0.4 is 16.0 Å². The molecule has 0 spiro atoms. The van der Waals surface area contributed by atoms with Crippen molar-refractivity contribution in [2.75, 3.05) is 18.8 Å². The predicted molar refractivity (Wildman–Crippen MR) is 103 cm³/mol. The molecule has 9 nitrogen and oxygen atoms in total. The van der Waals surface area contributed by atoms with Gasteiger partial charge in [0.25, 0.3) is 0 Å². The highest BCUT2D eigenvalue weighted by atomic mass is 32.2. The van der Waals surface area contributed by atoms with Gasteiger partial charge in [-0.1, -0.05) is 0 Å². The van der Waals surface area contributed by atoms with Gasteiger partial charge in [-0.15, -0.1) is 11.8 Å². The van der Waals surface area contributed by atoms with Crippen LogP contribution in [0.25, 0.3) is 0 Å². The summed E-state index contributed by atoms with van der Waals surface area (Å²) >= 11 is 1.51. The smallest absolute Gasteiger partial charge is 0.414 e. The first kappa shape index (κ1) is 20.9. The van der Waals surface area contributed by atoms with E-state index < -0.39 is 17.9 Å². The molecular formula is C18H27N5O4S. The predicted octanol–water partition coefficient (Wildman–Crippen LogP) is 0.376. The Morgan fingerprint density at radius 2 is 2.00 bits per heavy atom. The van der Waals surface area contributed by atoms with Crippen LogP contribution in [0.5, 0.6) is 0 Å². The first-order chi connectivity index (χ1) is 13.4. The lowest BCUT2D eigenvalue weighted by Crippen LogP contribution is -2.50. The minimum Gasteiger partial charge on any atom is -0.447 e. The average Bonchev–Trinajstić information content (AvgIpc) is 3.26.